The minimum atomic E-state index is 0.131. The van der Waals surface area contributed by atoms with Crippen molar-refractivity contribution in [3.63, 3.8) is 0 Å². The van der Waals surface area contributed by atoms with Crippen LogP contribution in [0.15, 0.2) is 47.5 Å². The molecule has 1 aliphatic heterocycles. The van der Waals surface area contributed by atoms with E-state index in [-0.39, 0.29) is 5.54 Å². The molecule has 4 rings (SSSR count). The lowest BCUT2D eigenvalue weighted by Crippen LogP contribution is -2.35. The van der Waals surface area contributed by atoms with Gasteiger partial charge in [-0.3, -0.25) is 4.99 Å². The molecule has 1 fully saturated rings. The summed E-state index contributed by atoms with van der Waals surface area (Å²) in [7, 11) is 0. The van der Waals surface area contributed by atoms with E-state index >= 15 is 0 Å². The van der Waals surface area contributed by atoms with Crippen molar-refractivity contribution in [2.24, 2.45) is 4.99 Å². The number of nitrogens with one attached hydrogen (secondary N) is 1. The van der Waals surface area contributed by atoms with E-state index in [0.29, 0.717) is 6.04 Å². The molecular formula is C22H27N3. The fourth-order valence-corrected chi connectivity index (χ4v) is 3.30. The van der Waals surface area contributed by atoms with Crippen molar-refractivity contribution in [1.29, 1.82) is 0 Å². The molecule has 0 spiro atoms. The molecule has 1 aliphatic carbocycles. The van der Waals surface area contributed by atoms with Gasteiger partial charge in [-0.2, -0.15) is 0 Å². The molecule has 130 valence electrons. The molecule has 3 nitrogen and oxygen atoms in total. The predicted molar refractivity (Wildman–Crippen MR) is 106 cm³/mol. The van der Waals surface area contributed by atoms with Gasteiger partial charge < -0.3 is 10.2 Å². The monoisotopic (exact) mass is 333 g/mol. The Bertz CT molecular complexity index is 797. The Balaban J connectivity index is 1.58. The zero-order valence-electron chi connectivity index (χ0n) is 15.4. The highest BCUT2D eigenvalue weighted by Gasteiger charge is 2.30. The number of hydrogen-bond donors (Lipinski definition) is 1. The summed E-state index contributed by atoms with van der Waals surface area (Å²) in [4.78, 5) is 6.91. The molecule has 3 heteroatoms. The first kappa shape index (κ1) is 16.3. The van der Waals surface area contributed by atoms with Gasteiger partial charge in [-0.15, -0.1) is 0 Å². The van der Waals surface area contributed by atoms with E-state index in [2.05, 4.69) is 78.4 Å². The maximum absolute atomic E-state index is 4.56. The molecule has 25 heavy (non-hydrogen) atoms. The van der Waals surface area contributed by atoms with Crippen LogP contribution in [-0.4, -0.2) is 17.9 Å². The van der Waals surface area contributed by atoms with Gasteiger partial charge in [0.15, 0.2) is 0 Å². The Morgan fingerprint density at radius 2 is 1.88 bits per heavy atom. The van der Waals surface area contributed by atoms with Crippen molar-refractivity contribution in [3.05, 3.63) is 53.6 Å². The summed E-state index contributed by atoms with van der Waals surface area (Å²) in [5.41, 5.74) is 6.69. The molecule has 1 N–H and O–H groups in total. The zero-order valence-corrected chi connectivity index (χ0v) is 15.4. The second kappa shape index (κ2) is 6.30. The Morgan fingerprint density at radius 1 is 1.08 bits per heavy atom. The zero-order chi connectivity index (χ0) is 17.4. The lowest BCUT2D eigenvalue weighted by molar-refractivity contribution is 0.424. The van der Waals surface area contributed by atoms with Crippen LogP contribution in [0.4, 0.5) is 5.69 Å². The van der Waals surface area contributed by atoms with Gasteiger partial charge in [-0.05, 0) is 74.1 Å². The lowest BCUT2D eigenvalue weighted by Gasteiger charge is -2.26. The van der Waals surface area contributed by atoms with Crippen LogP contribution in [0.3, 0.4) is 0 Å². The molecule has 0 saturated heterocycles. The first-order valence-electron chi connectivity index (χ1n) is 9.25. The molecule has 0 unspecified atom stereocenters. The van der Waals surface area contributed by atoms with E-state index in [1.165, 1.54) is 40.8 Å². The van der Waals surface area contributed by atoms with E-state index < -0.39 is 0 Å². The fraction of sp³-hybridized carbons (Fsp3) is 0.409. The predicted octanol–water partition coefficient (Wildman–Crippen LogP) is 4.75. The van der Waals surface area contributed by atoms with Crippen molar-refractivity contribution in [2.45, 2.75) is 58.3 Å². The maximum atomic E-state index is 4.56. The molecule has 0 amide bonds. The smallest absolute Gasteiger partial charge is 0.0901 e. The number of hydrogen-bond acceptors (Lipinski definition) is 3. The summed E-state index contributed by atoms with van der Waals surface area (Å²) in [6.07, 6.45) is 4.60. The second-order valence-corrected chi connectivity index (χ2v) is 8.24. The van der Waals surface area contributed by atoms with Gasteiger partial charge in [0, 0.05) is 23.8 Å². The van der Waals surface area contributed by atoms with Gasteiger partial charge in [0.2, 0.25) is 0 Å². The summed E-state index contributed by atoms with van der Waals surface area (Å²) in [5.74, 6) is 0. The Labute approximate surface area is 150 Å². The molecule has 1 saturated carbocycles. The molecule has 0 bridgehead atoms. The number of nitrogens with zero attached hydrogens (tertiary/aromatic N) is 2. The van der Waals surface area contributed by atoms with Gasteiger partial charge in [-0.1, -0.05) is 24.3 Å². The summed E-state index contributed by atoms with van der Waals surface area (Å²) in [6.45, 7) is 8.28. The van der Waals surface area contributed by atoms with E-state index in [9.17, 15) is 0 Å². The molecule has 0 radical (unpaired) electrons. The topological polar surface area (TPSA) is 27.6 Å². The quantitative estimate of drug-likeness (QED) is 0.874. The summed E-state index contributed by atoms with van der Waals surface area (Å²) in [5, 5.41) is 3.57. The van der Waals surface area contributed by atoms with E-state index in [1.54, 1.807) is 0 Å². The Kier molecular flexibility index (Phi) is 4.12. The number of rotatable bonds is 4. The summed E-state index contributed by atoms with van der Waals surface area (Å²) < 4.78 is 0. The third-order valence-corrected chi connectivity index (χ3v) is 4.85. The second-order valence-electron chi connectivity index (χ2n) is 8.24. The summed E-state index contributed by atoms with van der Waals surface area (Å²) >= 11 is 0. The minimum Gasteiger partial charge on any atom is -0.329 e. The van der Waals surface area contributed by atoms with E-state index in [4.69, 9.17) is 0 Å². The van der Waals surface area contributed by atoms with E-state index in [0.717, 1.165) is 13.1 Å². The normalized spacial score (nSPS) is 16.8. The average Bonchev–Trinajstić information content (AvgIpc) is 3.44. The van der Waals surface area contributed by atoms with Crippen molar-refractivity contribution >= 4 is 12.0 Å². The van der Waals surface area contributed by atoms with Gasteiger partial charge in [-0.25, -0.2) is 0 Å². The van der Waals surface area contributed by atoms with Crippen LogP contribution < -0.4 is 10.2 Å². The van der Waals surface area contributed by atoms with Crippen molar-refractivity contribution in [1.82, 2.24) is 5.32 Å². The first-order chi connectivity index (χ1) is 12.0. The van der Waals surface area contributed by atoms with Crippen molar-refractivity contribution in [2.75, 3.05) is 4.90 Å². The van der Waals surface area contributed by atoms with Gasteiger partial charge in [0.1, 0.15) is 0 Å². The summed E-state index contributed by atoms with van der Waals surface area (Å²) in [6, 6.07) is 16.4. The van der Waals surface area contributed by atoms with Crippen LogP contribution in [-0.2, 0) is 13.1 Å². The van der Waals surface area contributed by atoms with Crippen LogP contribution in [0, 0.1) is 0 Å². The average molecular weight is 333 g/mol. The Morgan fingerprint density at radius 3 is 2.64 bits per heavy atom. The van der Waals surface area contributed by atoms with Crippen LogP contribution in [0.1, 0.15) is 44.7 Å². The van der Waals surface area contributed by atoms with Crippen LogP contribution in [0.25, 0.3) is 11.1 Å². The van der Waals surface area contributed by atoms with Crippen LogP contribution in [0.2, 0.25) is 0 Å². The number of aliphatic imine (C=N–C) groups is 1. The lowest BCUT2D eigenvalue weighted by atomic mass is 9.99. The standard InChI is InChI=1S/C22H27N3/c1-22(2,3)24-13-16-5-4-6-17(11-16)18-7-10-21-19(12-18)14-23-15-25(21)20-8-9-20/h4-7,10-12,15,20,24H,8-9,13-14H2,1-3H3. The fourth-order valence-electron chi connectivity index (χ4n) is 3.30. The molecule has 1 heterocycles. The number of benzene rings is 2. The molecule has 2 aromatic carbocycles. The van der Waals surface area contributed by atoms with Gasteiger partial charge >= 0.3 is 0 Å². The Hall–Kier alpha value is -2.13. The highest BCUT2D eigenvalue weighted by molar-refractivity contribution is 5.85. The molecular weight excluding hydrogens is 306 g/mol. The van der Waals surface area contributed by atoms with E-state index in [1.807, 2.05) is 6.34 Å². The van der Waals surface area contributed by atoms with Crippen LogP contribution in [0.5, 0.6) is 0 Å². The number of anilines is 1. The third kappa shape index (κ3) is 3.77. The highest BCUT2D eigenvalue weighted by atomic mass is 15.2. The third-order valence-electron chi connectivity index (χ3n) is 4.85. The van der Waals surface area contributed by atoms with Gasteiger partial charge in [0.05, 0.1) is 12.9 Å². The van der Waals surface area contributed by atoms with Crippen molar-refractivity contribution < 1.29 is 0 Å². The van der Waals surface area contributed by atoms with Crippen LogP contribution >= 0.6 is 0 Å². The maximum Gasteiger partial charge on any atom is 0.0901 e. The van der Waals surface area contributed by atoms with Gasteiger partial charge in [0.25, 0.3) is 0 Å². The van der Waals surface area contributed by atoms with Crippen molar-refractivity contribution in [3.8, 4) is 11.1 Å². The minimum absolute atomic E-state index is 0.131. The first-order valence-corrected chi connectivity index (χ1v) is 9.25. The largest absolute Gasteiger partial charge is 0.329 e. The SMILES string of the molecule is CC(C)(C)NCc1cccc(-c2ccc3c(c2)CN=CN3C2CC2)c1. The molecule has 0 aromatic heterocycles. The highest BCUT2D eigenvalue weighted by Crippen LogP contribution is 2.36. The molecule has 2 aliphatic rings. The number of fused-ring (bicyclic) bond motifs is 1. The molecule has 0 atom stereocenters. The molecule has 2 aromatic rings.